The molecule has 0 bridgehead atoms. The summed E-state index contributed by atoms with van der Waals surface area (Å²) in [4.78, 5) is 18.7. The zero-order valence-corrected chi connectivity index (χ0v) is 16.2. The van der Waals surface area contributed by atoms with Crippen LogP contribution in [0, 0.1) is 18.2 Å². The second-order valence-corrected chi connectivity index (χ2v) is 6.87. The predicted molar refractivity (Wildman–Crippen MR) is 109 cm³/mol. The second kappa shape index (κ2) is 11.0. The number of carbonyl (C=O) groups excluding carboxylic acids is 1. The summed E-state index contributed by atoms with van der Waals surface area (Å²) < 4.78 is 13.1. The molecule has 28 heavy (non-hydrogen) atoms. The summed E-state index contributed by atoms with van der Waals surface area (Å²) >= 11 is 1.32. The molecular formula is C20H20FN5OS. The lowest BCUT2D eigenvalue weighted by molar-refractivity contribution is 0.0949. The Morgan fingerprint density at radius 3 is 2.75 bits per heavy atom. The van der Waals surface area contributed by atoms with Crippen molar-refractivity contribution in [3.8, 4) is 12.3 Å². The number of terminal acetylenes is 1. The fraction of sp³-hybridized carbons (Fsp3) is 0.250. The molecule has 0 aliphatic rings. The van der Waals surface area contributed by atoms with Crippen LogP contribution in [0.5, 0.6) is 0 Å². The monoisotopic (exact) mass is 397 g/mol. The number of azide groups is 1. The van der Waals surface area contributed by atoms with Gasteiger partial charge in [-0.05, 0) is 54.5 Å². The Labute approximate surface area is 167 Å². The first-order valence-corrected chi connectivity index (χ1v) is 9.45. The molecule has 0 unspecified atom stereocenters. The molecular weight excluding hydrogens is 377 g/mol. The smallest absolute Gasteiger partial charge is 0.251 e. The van der Waals surface area contributed by atoms with Gasteiger partial charge in [0.05, 0.1) is 12.2 Å². The predicted octanol–water partition coefficient (Wildman–Crippen LogP) is 4.60. The fourth-order valence-corrected chi connectivity index (χ4v) is 3.28. The number of likely N-dealkylation sites (N-methyl/N-ethyl adjacent to an activating group) is 1. The molecule has 0 aliphatic carbocycles. The maximum absolute atomic E-state index is 13.1. The van der Waals surface area contributed by atoms with Crippen LogP contribution in [0.2, 0.25) is 0 Å². The Morgan fingerprint density at radius 2 is 2.11 bits per heavy atom. The fourth-order valence-electron chi connectivity index (χ4n) is 2.41. The van der Waals surface area contributed by atoms with Crippen LogP contribution >= 0.6 is 11.8 Å². The summed E-state index contributed by atoms with van der Waals surface area (Å²) in [5.74, 6) is 2.00. The van der Waals surface area contributed by atoms with E-state index in [9.17, 15) is 9.18 Å². The van der Waals surface area contributed by atoms with Gasteiger partial charge in [0, 0.05) is 33.4 Å². The van der Waals surface area contributed by atoms with E-state index in [2.05, 4.69) is 21.3 Å². The number of nitrogens with one attached hydrogen (secondary N) is 1. The Bertz CT molecular complexity index is 904. The molecule has 0 atom stereocenters. The van der Waals surface area contributed by atoms with Crippen molar-refractivity contribution in [1.82, 2.24) is 10.2 Å². The number of amides is 1. The molecule has 2 aromatic rings. The maximum Gasteiger partial charge on any atom is 0.251 e. The first-order chi connectivity index (χ1) is 13.6. The third-order valence-corrected chi connectivity index (χ3v) is 4.96. The van der Waals surface area contributed by atoms with E-state index in [0.29, 0.717) is 35.8 Å². The first-order valence-electron chi connectivity index (χ1n) is 8.64. The number of hydrogen-bond donors (Lipinski definition) is 1. The van der Waals surface area contributed by atoms with E-state index >= 15 is 0 Å². The van der Waals surface area contributed by atoms with E-state index in [-0.39, 0.29) is 11.7 Å². The van der Waals surface area contributed by atoms with Gasteiger partial charge in [-0.3, -0.25) is 9.69 Å². The lowest BCUT2D eigenvalue weighted by Crippen LogP contribution is -2.35. The molecule has 0 fully saturated rings. The highest BCUT2D eigenvalue weighted by Crippen LogP contribution is 2.36. The topological polar surface area (TPSA) is 81.1 Å². The molecule has 0 saturated carbocycles. The highest BCUT2D eigenvalue weighted by Gasteiger charge is 2.11. The minimum atomic E-state index is -0.324. The maximum atomic E-state index is 13.1. The molecule has 144 valence electrons. The van der Waals surface area contributed by atoms with Gasteiger partial charge in [0.2, 0.25) is 0 Å². The number of rotatable bonds is 9. The van der Waals surface area contributed by atoms with Crippen LogP contribution in [-0.4, -0.2) is 37.0 Å². The molecule has 1 amide bonds. The third kappa shape index (κ3) is 6.32. The summed E-state index contributed by atoms with van der Waals surface area (Å²) in [6.07, 6.45) is 5.31. The van der Waals surface area contributed by atoms with Crippen molar-refractivity contribution in [1.29, 1.82) is 0 Å². The number of hydrogen-bond acceptors (Lipinski definition) is 4. The van der Waals surface area contributed by atoms with Crippen LogP contribution in [0.3, 0.4) is 0 Å². The number of halogens is 1. The van der Waals surface area contributed by atoms with E-state index in [1.165, 1.54) is 23.9 Å². The normalized spacial score (nSPS) is 10.2. The van der Waals surface area contributed by atoms with Gasteiger partial charge >= 0.3 is 0 Å². The zero-order valence-electron chi connectivity index (χ0n) is 15.4. The first kappa shape index (κ1) is 21.3. The van der Waals surface area contributed by atoms with Crippen LogP contribution in [-0.2, 0) is 0 Å². The molecule has 0 aromatic heterocycles. The molecule has 0 spiro atoms. The van der Waals surface area contributed by atoms with Crippen LogP contribution in [0.15, 0.2) is 57.4 Å². The number of benzene rings is 2. The molecule has 1 N–H and O–H groups in total. The third-order valence-electron chi connectivity index (χ3n) is 3.89. The summed E-state index contributed by atoms with van der Waals surface area (Å²) in [6, 6.07) is 10.9. The van der Waals surface area contributed by atoms with Crippen LogP contribution in [0.25, 0.3) is 10.4 Å². The van der Waals surface area contributed by atoms with E-state index in [1.807, 2.05) is 11.8 Å². The molecule has 0 saturated heterocycles. The minimum absolute atomic E-state index is 0.260. The summed E-state index contributed by atoms with van der Waals surface area (Å²) in [5.41, 5.74) is 9.57. The van der Waals surface area contributed by atoms with Crippen molar-refractivity contribution in [2.24, 2.45) is 5.11 Å². The van der Waals surface area contributed by atoms with Gasteiger partial charge in [0.1, 0.15) is 5.82 Å². The summed E-state index contributed by atoms with van der Waals surface area (Å²) in [7, 11) is 0. The summed E-state index contributed by atoms with van der Waals surface area (Å²) in [5, 5.41) is 6.52. The van der Waals surface area contributed by atoms with E-state index in [1.54, 1.807) is 30.3 Å². The van der Waals surface area contributed by atoms with E-state index in [4.69, 9.17) is 12.0 Å². The summed E-state index contributed by atoms with van der Waals surface area (Å²) in [6.45, 7) is 4.44. The molecule has 8 heteroatoms. The number of nitrogens with zero attached hydrogens (tertiary/aromatic N) is 4. The van der Waals surface area contributed by atoms with E-state index < -0.39 is 0 Å². The SMILES string of the molecule is C#CCN(CC)CCNC(=O)c1ccc(Sc2ccc(F)cc2)c(N=[N+]=[N-])c1. The van der Waals surface area contributed by atoms with Crippen molar-refractivity contribution in [3.05, 3.63) is 64.3 Å². The van der Waals surface area contributed by atoms with Crippen LogP contribution in [0.1, 0.15) is 17.3 Å². The molecule has 0 heterocycles. The van der Waals surface area contributed by atoms with Gasteiger partial charge in [-0.15, -0.1) is 6.42 Å². The molecule has 6 nitrogen and oxygen atoms in total. The van der Waals surface area contributed by atoms with Crippen LogP contribution < -0.4 is 5.32 Å². The quantitative estimate of drug-likeness (QED) is 0.290. The Hall–Kier alpha value is -2.98. The standard InChI is InChI=1S/C20H20FN5OS/c1-3-12-26(4-2)13-11-23-20(27)15-5-10-19(18(14-15)24-25-22)28-17-8-6-16(21)7-9-17/h1,5-10,14H,4,11-13H2,2H3,(H,23,27). The highest BCUT2D eigenvalue weighted by atomic mass is 32.2. The van der Waals surface area contributed by atoms with Gasteiger partial charge < -0.3 is 5.32 Å². The molecule has 2 aromatic carbocycles. The molecule has 0 aliphatic heterocycles. The minimum Gasteiger partial charge on any atom is -0.351 e. The lowest BCUT2D eigenvalue weighted by atomic mass is 10.2. The van der Waals surface area contributed by atoms with Gasteiger partial charge in [-0.25, -0.2) is 4.39 Å². The average Bonchev–Trinajstić information content (AvgIpc) is 2.70. The van der Waals surface area contributed by atoms with Crippen LogP contribution in [0.4, 0.5) is 10.1 Å². The Balaban J connectivity index is 2.08. The van der Waals surface area contributed by atoms with Crippen molar-refractivity contribution in [2.45, 2.75) is 16.7 Å². The van der Waals surface area contributed by atoms with Crippen molar-refractivity contribution >= 4 is 23.4 Å². The Kier molecular flexibility index (Phi) is 8.37. The van der Waals surface area contributed by atoms with Gasteiger partial charge in [-0.2, -0.15) is 0 Å². The van der Waals surface area contributed by atoms with Gasteiger partial charge in [-0.1, -0.05) is 29.7 Å². The van der Waals surface area contributed by atoms with E-state index in [0.717, 1.165) is 11.4 Å². The lowest BCUT2D eigenvalue weighted by Gasteiger charge is -2.17. The zero-order chi connectivity index (χ0) is 20.4. The molecule has 0 radical (unpaired) electrons. The van der Waals surface area contributed by atoms with Crippen molar-refractivity contribution < 1.29 is 9.18 Å². The van der Waals surface area contributed by atoms with Crippen molar-refractivity contribution in [3.63, 3.8) is 0 Å². The largest absolute Gasteiger partial charge is 0.351 e. The highest BCUT2D eigenvalue weighted by molar-refractivity contribution is 7.99. The van der Waals surface area contributed by atoms with Gasteiger partial charge in [0.15, 0.2) is 0 Å². The molecule has 2 rings (SSSR count). The van der Waals surface area contributed by atoms with Gasteiger partial charge in [0.25, 0.3) is 5.91 Å². The second-order valence-electron chi connectivity index (χ2n) is 5.76. The number of carbonyl (C=O) groups is 1. The average molecular weight is 397 g/mol. The van der Waals surface area contributed by atoms with Crippen molar-refractivity contribution in [2.75, 3.05) is 26.2 Å². The Morgan fingerprint density at radius 1 is 1.36 bits per heavy atom.